The number of nitrogens with zero attached hydrogens (tertiary/aromatic N) is 1. The lowest BCUT2D eigenvalue weighted by molar-refractivity contribution is 0.0600. The lowest BCUT2D eigenvalue weighted by atomic mass is 10.0. The minimum absolute atomic E-state index is 0.0215. The van der Waals surface area contributed by atoms with Gasteiger partial charge in [0.1, 0.15) is 0 Å². The topological polar surface area (TPSA) is 117 Å². The second kappa shape index (κ2) is 9.64. The molecule has 8 nitrogen and oxygen atoms in total. The van der Waals surface area contributed by atoms with Crippen LogP contribution < -0.4 is 5.56 Å². The minimum Gasteiger partial charge on any atom is -0.465 e. The van der Waals surface area contributed by atoms with Crippen LogP contribution in [-0.4, -0.2) is 49.0 Å². The summed E-state index contributed by atoms with van der Waals surface area (Å²) in [6.45, 7) is 3.60. The Bertz CT molecular complexity index is 1300. The summed E-state index contributed by atoms with van der Waals surface area (Å²) >= 11 is 0. The molecule has 0 atom stereocenters. The molecule has 0 radical (unpaired) electrons. The molecule has 0 unspecified atom stereocenters. The highest BCUT2D eigenvalue weighted by atomic mass is 32.2. The Morgan fingerprint density at radius 1 is 1.09 bits per heavy atom. The number of carbonyl (C=O) groups excluding carboxylic acids is 1. The van der Waals surface area contributed by atoms with Gasteiger partial charge in [-0.1, -0.05) is 0 Å². The van der Waals surface area contributed by atoms with Gasteiger partial charge in [0, 0.05) is 30.8 Å². The van der Waals surface area contributed by atoms with Crippen molar-refractivity contribution in [2.24, 2.45) is 0 Å². The van der Waals surface area contributed by atoms with E-state index in [1.807, 2.05) is 26.0 Å². The Balaban J connectivity index is 1.99. The zero-order chi connectivity index (χ0) is 23.5. The van der Waals surface area contributed by atoms with Crippen molar-refractivity contribution in [3.63, 3.8) is 0 Å². The largest absolute Gasteiger partial charge is 0.465 e. The van der Waals surface area contributed by atoms with Crippen LogP contribution >= 0.6 is 0 Å². The molecular formula is C23H26N2O6S. The number of aromatic amines is 1. The first-order chi connectivity index (χ1) is 15.2. The summed E-state index contributed by atoms with van der Waals surface area (Å²) in [6.07, 6.45) is 0.212. The van der Waals surface area contributed by atoms with E-state index in [2.05, 4.69) is 9.72 Å². The van der Waals surface area contributed by atoms with Crippen molar-refractivity contribution >= 4 is 26.9 Å². The Morgan fingerprint density at radius 2 is 1.75 bits per heavy atom. The molecular weight excluding hydrogens is 432 g/mol. The van der Waals surface area contributed by atoms with Crippen molar-refractivity contribution in [2.45, 2.75) is 31.7 Å². The summed E-state index contributed by atoms with van der Waals surface area (Å²) in [5, 5.41) is 10.1. The predicted octanol–water partition coefficient (Wildman–Crippen LogP) is 2.50. The SMILES string of the molecule is COC(=O)c1ccc(S(=O)(=O)N(CCCO)Cc2cc3cc(C)c(C)cc3[nH]c2=O)cc1. The van der Waals surface area contributed by atoms with Gasteiger partial charge in [-0.2, -0.15) is 4.31 Å². The van der Waals surface area contributed by atoms with Crippen molar-refractivity contribution in [3.05, 3.63) is 75.1 Å². The summed E-state index contributed by atoms with van der Waals surface area (Å²) < 4.78 is 32.4. The number of esters is 1. The molecule has 9 heteroatoms. The van der Waals surface area contributed by atoms with Gasteiger partial charge >= 0.3 is 5.97 Å². The summed E-state index contributed by atoms with van der Waals surface area (Å²) in [4.78, 5) is 27.1. The Morgan fingerprint density at radius 3 is 2.38 bits per heavy atom. The van der Waals surface area contributed by atoms with Crippen LogP contribution in [0.3, 0.4) is 0 Å². The van der Waals surface area contributed by atoms with E-state index in [4.69, 9.17) is 0 Å². The molecule has 1 heterocycles. The van der Waals surface area contributed by atoms with Gasteiger partial charge in [0.25, 0.3) is 5.56 Å². The number of methoxy groups -OCH3 is 1. The predicted molar refractivity (Wildman–Crippen MR) is 121 cm³/mol. The summed E-state index contributed by atoms with van der Waals surface area (Å²) in [7, 11) is -2.74. The quantitative estimate of drug-likeness (QED) is 0.501. The standard InChI is InChI=1S/C23H26N2O6S/c1-15-11-18-13-19(22(27)24-21(18)12-16(15)2)14-25(9-4-10-26)32(29,30)20-7-5-17(6-8-20)23(28)31-3/h5-8,11-13,26H,4,9-10,14H2,1-3H3,(H,24,27). The van der Waals surface area contributed by atoms with Crippen molar-refractivity contribution in [1.82, 2.24) is 9.29 Å². The molecule has 3 aromatic rings. The van der Waals surface area contributed by atoms with Crippen LogP contribution in [0.4, 0.5) is 0 Å². The van der Waals surface area contributed by atoms with E-state index >= 15 is 0 Å². The lowest BCUT2D eigenvalue weighted by Crippen LogP contribution is -2.34. The fourth-order valence-electron chi connectivity index (χ4n) is 3.39. The van der Waals surface area contributed by atoms with Crippen LogP contribution in [0.2, 0.25) is 0 Å². The Labute approximate surface area is 186 Å². The molecule has 2 aromatic carbocycles. The number of hydrogen-bond donors (Lipinski definition) is 2. The average molecular weight is 459 g/mol. The molecule has 0 saturated heterocycles. The fourth-order valence-corrected chi connectivity index (χ4v) is 4.85. The number of hydrogen-bond acceptors (Lipinski definition) is 6. The zero-order valence-electron chi connectivity index (χ0n) is 18.2. The van der Waals surface area contributed by atoms with Gasteiger partial charge in [-0.3, -0.25) is 4.79 Å². The molecule has 32 heavy (non-hydrogen) atoms. The smallest absolute Gasteiger partial charge is 0.337 e. The molecule has 0 bridgehead atoms. The number of benzene rings is 2. The molecule has 0 amide bonds. The maximum absolute atomic E-state index is 13.3. The van der Waals surface area contributed by atoms with Crippen molar-refractivity contribution < 1.29 is 23.1 Å². The molecule has 0 aliphatic heterocycles. The van der Waals surface area contributed by atoms with E-state index in [1.54, 1.807) is 6.07 Å². The van der Waals surface area contributed by atoms with E-state index < -0.39 is 16.0 Å². The van der Waals surface area contributed by atoms with Crippen LogP contribution in [0.5, 0.6) is 0 Å². The first-order valence-electron chi connectivity index (χ1n) is 10.1. The van der Waals surface area contributed by atoms with Gasteiger partial charge in [-0.25, -0.2) is 13.2 Å². The number of aliphatic hydroxyl groups is 1. The van der Waals surface area contributed by atoms with E-state index in [9.17, 15) is 23.1 Å². The molecule has 3 rings (SSSR count). The third-order valence-corrected chi connectivity index (χ3v) is 7.22. The van der Waals surface area contributed by atoms with Gasteiger partial charge in [-0.15, -0.1) is 0 Å². The summed E-state index contributed by atoms with van der Waals surface area (Å²) in [5.41, 5.74) is 2.95. The Kier molecular flexibility index (Phi) is 7.12. The summed E-state index contributed by atoms with van der Waals surface area (Å²) in [6, 6.07) is 10.9. The van der Waals surface area contributed by atoms with Gasteiger partial charge in [0.15, 0.2) is 0 Å². The molecule has 0 aliphatic rings. The van der Waals surface area contributed by atoms with E-state index in [0.29, 0.717) is 11.1 Å². The van der Waals surface area contributed by atoms with Crippen LogP contribution in [0.25, 0.3) is 10.9 Å². The lowest BCUT2D eigenvalue weighted by Gasteiger charge is -2.22. The van der Waals surface area contributed by atoms with Gasteiger partial charge in [0.05, 0.1) is 17.6 Å². The van der Waals surface area contributed by atoms with Crippen LogP contribution in [0, 0.1) is 13.8 Å². The molecule has 2 N–H and O–H groups in total. The molecule has 0 spiro atoms. The van der Waals surface area contributed by atoms with Crippen molar-refractivity contribution in [1.29, 1.82) is 0 Å². The molecule has 0 aliphatic carbocycles. The number of H-pyrrole nitrogens is 1. The zero-order valence-corrected chi connectivity index (χ0v) is 19.0. The minimum atomic E-state index is -3.99. The highest BCUT2D eigenvalue weighted by Gasteiger charge is 2.26. The molecule has 170 valence electrons. The van der Waals surface area contributed by atoms with Gasteiger partial charge in [0.2, 0.25) is 10.0 Å². The van der Waals surface area contributed by atoms with E-state index in [-0.39, 0.29) is 42.1 Å². The number of sulfonamides is 1. The maximum Gasteiger partial charge on any atom is 0.337 e. The number of aryl methyl sites for hydroxylation is 2. The van der Waals surface area contributed by atoms with Gasteiger partial charge in [-0.05, 0) is 79.2 Å². The normalized spacial score (nSPS) is 11.8. The third kappa shape index (κ3) is 4.90. The van der Waals surface area contributed by atoms with Gasteiger partial charge < -0.3 is 14.8 Å². The number of aromatic nitrogens is 1. The second-order valence-corrected chi connectivity index (χ2v) is 9.52. The number of fused-ring (bicyclic) bond motifs is 1. The number of aliphatic hydroxyl groups excluding tert-OH is 1. The number of rotatable bonds is 8. The van der Waals surface area contributed by atoms with Crippen LogP contribution in [0.15, 0.2) is 52.2 Å². The van der Waals surface area contributed by atoms with Crippen LogP contribution in [-0.2, 0) is 21.3 Å². The maximum atomic E-state index is 13.3. The average Bonchev–Trinajstić information content (AvgIpc) is 2.77. The highest BCUT2D eigenvalue weighted by molar-refractivity contribution is 7.89. The Hall–Kier alpha value is -3.01. The third-order valence-electron chi connectivity index (χ3n) is 5.36. The first kappa shape index (κ1) is 23.6. The highest BCUT2D eigenvalue weighted by Crippen LogP contribution is 2.21. The second-order valence-electron chi connectivity index (χ2n) is 7.58. The number of nitrogens with one attached hydrogen (secondary N) is 1. The number of pyridine rings is 1. The van der Waals surface area contributed by atoms with Crippen LogP contribution in [0.1, 0.15) is 33.5 Å². The van der Waals surface area contributed by atoms with E-state index in [1.165, 1.54) is 31.4 Å². The monoisotopic (exact) mass is 458 g/mol. The fraction of sp³-hybridized carbons (Fsp3) is 0.304. The molecule has 0 fully saturated rings. The first-order valence-corrected chi connectivity index (χ1v) is 11.5. The number of ether oxygens (including phenoxy) is 1. The summed E-state index contributed by atoms with van der Waals surface area (Å²) in [5.74, 6) is -0.570. The number of carbonyl (C=O) groups is 1. The molecule has 0 saturated carbocycles. The van der Waals surface area contributed by atoms with E-state index in [0.717, 1.165) is 20.8 Å². The van der Waals surface area contributed by atoms with Crippen molar-refractivity contribution in [2.75, 3.05) is 20.3 Å². The van der Waals surface area contributed by atoms with Crippen molar-refractivity contribution in [3.8, 4) is 0 Å². The molecule has 1 aromatic heterocycles.